The van der Waals surface area contributed by atoms with E-state index in [0.29, 0.717) is 12.2 Å². The summed E-state index contributed by atoms with van der Waals surface area (Å²) in [4.78, 5) is 6.45. The number of rotatable bonds is 2. The maximum atomic E-state index is 14.0. The quantitative estimate of drug-likeness (QED) is 0.808. The van der Waals surface area contributed by atoms with E-state index >= 15 is 0 Å². The van der Waals surface area contributed by atoms with Gasteiger partial charge in [-0.05, 0) is 17.0 Å². The third-order valence-electron chi connectivity index (χ3n) is 3.26. The first-order valence-electron chi connectivity index (χ1n) is 6.42. The van der Waals surface area contributed by atoms with Gasteiger partial charge in [0.1, 0.15) is 5.82 Å². The normalized spacial score (nSPS) is 18.0. The average Bonchev–Trinajstić information content (AvgIpc) is 2.32. The lowest BCUT2D eigenvalue weighted by Crippen LogP contribution is -2.36. The van der Waals surface area contributed by atoms with Crippen molar-refractivity contribution in [3.8, 4) is 0 Å². The van der Waals surface area contributed by atoms with Crippen molar-refractivity contribution in [1.29, 1.82) is 0 Å². The van der Waals surface area contributed by atoms with Crippen LogP contribution in [0.4, 0.5) is 4.39 Å². The van der Waals surface area contributed by atoms with Crippen molar-refractivity contribution in [3.05, 3.63) is 29.3 Å². The van der Waals surface area contributed by atoms with Crippen molar-refractivity contribution < 1.29 is 9.13 Å². The van der Waals surface area contributed by atoms with Gasteiger partial charge in [0, 0.05) is 25.8 Å². The molecule has 0 saturated carbocycles. The van der Waals surface area contributed by atoms with Crippen LogP contribution in [0.1, 0.15) is 32.0 Å². The van der Waals surface area contributed by atoms with Crippen LogP contribution in [0.5, 0.6) is 0 Å². The van der Waals surface area contributed by atoms with Gasteiger partial charge in [0.2, 0.25) is 0 Å². The largest absolute Gasteiger partial charge is 0.379 e. The molecule has 0 atom stereocenters. The van der Waals surface area contributed by atoms with Crippen molar-refractivity contribution >= 4 is 0 Å². The lowest BCUT2D eigenvalue weighted by Gasteiger charge is -2.26. The molecular formula is C14H21FN2O. The zero-order valence-electron chi connectivity index (χ0n) is 11.4. The minimum atomic E-state index is -0.200. The van der Waals surface area contributed by atoms with E-state index in [9.17, 15) is 4.39 Å². The van der Waals surface area contributed by atoms with Crippen LogP contribution < -0.4 is 0 Å². The SMILES string of the molecule is CC(C)(C)c1cnc(CN2CCOCC2)c(F)c1. The summed E-state index contributed by atoms with van der Waals surface area (Å²) in [5.74, 6) is -0.200. The van der Waals surface area contributed by atoms with E-state index in [1.54, 1.807) is 12.3 Å². The van der Waals surface area contributed by atoms with E-state index in [-0.39, 0.29) is 11.2 Å². The molecule has 1 aliphatic heterocycles. The second-order valence-electron chi connectivity index (χ2n) is 5.79. The van der Waals surface area contributed by atoms with Crippen molar-refractivity contribution in [3.63, 3.8) is 0 Å². The zero-order chi connectivity index (χ0) is 13.2. The second-order valence-corrected chi connectivity index (χ2v) is 5.79. The Labute approximate surface area is 108 Å². The van der Waals surface area contributed by atoms with Gasteiger partial charge >= 0.3 is 0 Å². The molecule has 0 unspecified atom stereocenters. The zero-order valence-corrected chi connectivity index (χ0v) is 11.4. The lowest BCUT2D eigenvalue weighted by molar-refractivity contribution is 0.0331. The molecule has 100 valence electrons. The van der Waals surface area contributed by atoms with Gasteiger partial charge in [-0.2, -0.15) is 0 Å². The predicted molar refractivity (Wildman–Crippen MR) is 69.0 cm³/mol. The first-order valence-corrected chi connectivity index (χ1v) is 6.42. The first-order chi connectivity index (χ1) is 8.47. The summed E-state index contributed by atoms with van der Waals surface area (Å²) in [6, 6.07) is 1.61. The third kappa shape index (κ3) is 3.27. The van der Waals surface area contributed by atoms with Crippen LogP contribution in [0, 0.1) is 5.82 Å². The molecule has 1 aliphatic rings. The molecule has 0 amide bonds. The molecule has 3 nitrogen and oxygen atoms in total. The minimum Gasteiger partial charge on any atom is -0.379 e. The van der Waals surface area contributed by atoms with Crippen LogP contribution in [0.2, 0.25) is 0 Å². The Morgan fingerprint density at radius 2 is 2.00 bits per heavy atom. The summed E-state index contributed by atoms with van der Waals surface area (Å²) in [7, 11) is 0. The Morgan fingerprint density at radius 1 is 1.33 bits per heavy atom. The Morgan fingerprint density at radius 3 is 2.56 bits per heavy atom. The fourth-order valence-electron chi connectivity index (χ4n) is 1.96. The number of pyridine rings is 1. The summed E-state index contributed by atoms with van der Waals surface area (Å²) < 4.78 is 19.3. The molecule has 18 heavy (non-hydrogen) atoms. The van der Waals surface area contributed by atoms with Crippen molar-refractivity contribution in [2.24, 2.45) is 0 Å². The highest BCUT2D eigenvalue weighted by molar-refractivity contribution is 5.22. The standard InChI is InChI=1S/C14H21FN2O/c1-14(2,3)11-8-12(15)13(16-9-11)10-17-4-6-18-7-5-17/h8-9H,4-7,10H2,1-3H3. The minimum absolute atomic E-state index is 0.0642. The van der Waals surface area contributed by atoms with Crippen molar-refractivity contribution in [1.82, 2.24) is 9.88 Å². The summed E-state index contributed by atoms with van der Waals surface area (Å²) in [6.45, 7) is 9.90. The van der Waals surface area contributed by atoms with Gasteiger partial charge in [0.25, 0.3) is 0 Å². The number of morpholine rings is 1. The molecule has 0 radical (unpaired) electrons. The van der Waals surface area contributed by atoms with Crippen LogP contribution in [-0.4, -0.2) is 36.2 Å². The molecule has 1 fully saturated rings. The van der Waals surface area contributed by atoms with Crippen LogP contribution in [0.3, 0.4) is 0 Å². The van der Waals surface area contributed by atoms with Crippen LogP contribution in [-0.2, 0) is 16.7 Å². The maximum Gasteiger partial charge on any atom is 0.146 e. The van der Waals surface area contributed by atoms with Gasteiger partial charge in [-0.3, -0.25) is 9.88 Å². The van der Waals surface area contributed by atoms with Gasteiger partial charge in [0.05, 0.1) is 18.9 Å². The Hall–Kier alpha value is -1.00. The van der Waals surface area contributed by atoms with E-state index in [0.717, 1.165) is 31.9 Å². The molecule has 4 heteroatoms. The monoisotopic (exact) mass is 252 g/mol. The fraction of sp³-hybridized carbons (Fsp3) is 0.643. The number of hydrogen-bond donors (Lipinski definition) is 0. The molecule has 1 aromatic heterocycles. The third-order valence-corrected chi connectivity index (χ3v) is 3.26. The van der Waals surface area contributed by atoms with E-state index in [2.05, 4.69) is 30.7 Å². The number of aromatic nitrogens is 1. The smallest absolute Gasteiger partial charge is 0.146 e. The van der Waals surface area contributed by atoms with Crippen LogP contribution in [0.25, 0.3) is 0 Å². The molecular weight excluding hydrogens is 231 g/mol. The van der Waals surface area contributed by atoms with E-state index in [4.69, 9.17) is 4.74 Å². The summed E-state index contributed by atoms with van der Waals surface area (Å²) >= 11 is 0. The van der Waals surface area contributed by atoms with Crippen LogP contribution >= 0.6 is 0 Å². The average molecular weight is 252 g/mol. The lowest BCUT2D eigenvalue weighted by atomic mass is 9.88. The van der Waals surface area contributed by atoms with Gasteiger partial charge in [-0.1, -0.05) is 20.8 Å². The van der Waals surface area contributed by atoms with Gasteiger partial charge < -0.3 is 4.74 Å². The maximum absolute atomic E-state index is 14.0. The van der Waals surface area contributed by atoms with E-state index in [1.807, 2.05) is 0 Å². The molecule has 2 heterocycles. The molecule has 0 bridgehead atoms. The molecule has 1 aromatic rings. The number of nitrogens with zero attached hydrogens (tertiary/aromatic N) is 2. The number of hydrogen-bond acceptors (Lipinski definition) is 3. The van der Waals surface area contributed by atoms with E-state index in [1.165, 1.54) is 0 Å². The van der Waals surface area contributed by atoms with Gasteiger partial charge in [-0.25, -0.2) is 4.39 Å². The summed E-state index contributed by atoms with van der Waals surface area (Å²) in [5, 5.41) is 0. The Kier molecular flexibility index (Phi) is 3.97. The van der Waals surface area contributed by atoms with Crippen molar-refractivity contribution in [2.45, 2.75) is 32.7 Å². The fourth-order valence-corrected chi connectivity index (χ4v) is 1.96. The second kappa shape index (κ2) is 5.33. The van der Waals surface area contributed by atoms with Crippen LogP contribution in [0.15, 0.2) is 12.3 Å². The molecule has 0 N–H and O–H groups in total. The summed E-state index contributed by atoms with van der Waals surface area (Å²) in [6.07, 6.45) is 1.79. The molecule has 2 rings (SSSR count). The molecule has 0 spiro atoms. The highest BCUT2D eigenvalue weighted by Crippen LogP contribution is 2.23. The first kappa shape index (κ1) is 13.4. The number of halogens is 1. The highest BCUT2D eigenvalue weighted by atomic mass is 19.1. The van der Waals surface area contributed by atoms with Crippen molar-refractivity contribution in [2.75, 3.05) is 26.3 Å². The molecule has 0 aromatic carbocycles. The van der Waals surface area contributed by atoms with Gasteiger partial charge in [-0.15, -0.1) is 0 Å². The highest BCUT2D eigenvalue weighted by Gasteiger charge is 2.18. The predicted octanol–water partition coefficient (Wildman–Crippen LogP) is 2.35. The Balaban J connectivity index is 2.09. The number of ether oxygens (including phenoxy) is 1. The molecule has 0 aliphatic carbocycles. The Bertz CT molecular complexity index is 409. The molecule has 1 saturated heterocycles. The van der Waals surface area contributed by atoms with Gasteiger partial charge in [0.15, 0.2) is 0 Å². The summed E-state index contributed by atoms with van der Waals surface area (Å²) in [5.41, 5.74) is 1.40. The topological polar surface area (TPSA) is 25.4 Å². The van der Waals surface area contributed by atoms with E-state index < -0.39 is 0 Å².